The molecule has 0 saturated carbocycles. The maximum Gasteiger partial charge on any atom is 0.143 e. The molecule has 7 aromatic carbocycles. The van der Waals surface area contributed by atoms with Gasteiger partial charge < -0.3 is 8.83 Å². The Morgan fingerprint density at radius 1 is 0.370 bits per heavy atom. The second-order valence-corrected chi connectivity index (χ2v) is 11.6. The standard InChI is InChI=1S/C43H25NO2/c44-26-28-10-1-2-11-32(28)35-13-4-3-12-33(35)30-22-29(27-20-21-38-36-14-5-7-18-40(36)45-42(38)25-27)23-31(24-30)34-16-9-17-39-37-15-6-8-19-41(37)46-43(34)39/h1-25H. The minimum absolute atomic E-state index is 0.647. The molecular formula is C43H25NO2. The Hall–Kier alpha value is -6.37. The summed E-state index contributed by atoms with van der Waals surface area (Å²) in [6.45, 7) is 0. The van der Waals surface area contributed by atoms with Crippen LogP contribution in [0.5, 0.6) is 0 Å². The monoisotopic (exact) mass is 587 g/mol. The zero-order valence-corrected chi connectivity index (χ0v) is 24.7. The van der Waals surface area contributed by atoms with Gasteiger partial charge in [0.15, 0.2) is 0 Å². The summed E-state index contributed by atoms with van der Waals surface area (Å²) in [6, 6.07) is 54.4. The van der Waals surface area contributed by atoms with Crippen LogP contribution in [0.15, 0.2) is 160 Å². The van der Waals surface area contributed by atoms with Crippen molar-refractivity contribution in [3.63, 3.8) is 0 Å². The molecule has 0 N–H and O–H groups in total. The number of hydrogen-bond acceptors (Lipinski definition) is 3. The number of rotatable bonds is 4. The molecule has 0 aliphatic carbocycles. The van der Waals surface area contributed by atoms with Crippen LogP contribution in [-0.2, 0) is 0 Å². The van der Waals surface area contributed by atoms with Crippen molar-refractivity contribution in [1.82, 2.24) is 0 Å². The van der Waals surface area contributed by atoms with Crippen LogP contribution in [0.4, 0.5) is 0 Å². The average Bonchev–Trinajstić information content (AvgIpc) is 3.69. The summed E-state index contributed by atoms with van der Waals surface area (Å²) < 4.78 is 12.8. The molecule has 0 aliphatic rings. The molecule has 9 rings (SSSR count). The van der Waals surface area contributed by atoms with E-state index in [1.165, 1.54) is 0 Å². The molecule has 214 valence electrons. The molecule has 3 nitrogen and oxygen atoms in total. The summed E-state index contributed by atoms with van der Waals surface area (Å²) in [4.78, 5) is 0. The van der Waals surface area contributed by atoms with E-state index >= 15 is 0 Å². The molecular weight excluding hydrogens is 562 g/mol. The van der Waals surface area contributed by atoms with E-state index in [4.69, 9.17) is 8.83 Å². The summed E-state index contributed by atoms with van der Waals surface area (Å²) in [6.07, 6.45) is 0. The Bertz CT molecular complexity index is 2670. The Morgan fingerprint density at radius 3 is 1.74 bits per heavy atom. The van der Waals surface area contributed by atoms with Crippen molar-refractivity contribution in [3.8, 4) is 50.6 Å². The molecule has 0 bridgehead atoms. The topological polar surface area (TPSA) is 50.1 Å². The third-order valence-corrected chi connectivity index (χ3v) is 8.94. The summed E-state index contributed by atoms with van der Waals surface area (Å²) in [5.41, 5.74) is 12.3. The fraction of sp³-hybridized carbons (Fsp3) is 0. The highest BCUT2D eigenvalue weighted by Crippen LogP contribution is 2.42. The van der Waals surface area contributed by atoms with Crippen LogP contribution in [0.1, 0.15) is 5.56 Å². The fourth-order valence-corrected chi connectivity index (χ4v) is 6.77. The van der Waals surface area contributed by atoms with E-state index in [1.54, 1.807) is 0 Å². The largest absolute Gasteiger partial charge is 0.456 e. The van der Waals surface area contributed by atoms with Gasteiger partial charge in [0, 0.05) is 32.7 Å². The second-order valence-electron chi connectivity index (χ2n) is 11.6. The Morgan fingerprint density at radius 2 is 0.935 bits per heavy atom. The van der Waals surface area contributed by atoms with E-state index in [-0.39, 0.29) is 0 Å². The van der Waals surface area contributed by atoms with E-state index in [1.807, 2.05) is 66.7 Å². The summed E-state index contributed by atoms with van der Waals surface area (Å²) in [5.74, 6) is 0. The van der Waals surface area contributed by atoms with Crippen LogP contribution in [0, 0.1) is 11.3 Å². The highest BCUT2D eigenvalue weighted by atomic mass is 16.3. The Labute approximate surface area is 265 Å². The molecule has 0 amide bonds. The molecule has 0 saturated heterocycles. The second kappa shape index (κ2) is 10.4. The lowest BCUT2D eigenvalue weighted by atomic mass is 9.88. The lowest BCUT2D eigenvalue weighted by molar-refractivity contribution is 0.669. The summed E-state index contributed by atoms with van der Waals surface area (Å²) >= 11 is 0. The third kappa shape index (κ3) is 4.13. The molecule has 9 aromatic rings. The molecule has 0 unspecified atom stereocenters. The average molecular weight is 588 g/mol. The number of hydrogen-bond donors (Lipinski definition) is 0. The van der Waals surface area contributed by atoms with Gasteiger partial charge in [-0.2, -0.15) is 5.26 Å². The number of nitrogens with zero attached hydrogens (tertiary/aromatic N) is 1. The van der Waals surface area contributed by atoms with Gasteiger partial charge in [0.05, 0.1) is 11.6 Å². The van der Waals surface area contributed by atoms with E-state index in [2.05, 4.69) is 91.0 Å². The van der Waals surface area contributed by atoms with Crippen molar-refractivity contribution in [3.05, 3.63) is 157 Å². The maximum absolute atomic E-state index is 9.96. The first-order valence-corrected chi connectivity index (χ1v) is 15.3. The van der Waals surface area contributed by atoms with Gasteiger partial charge in [-0.05, 0) is 81.9 Å². The molecule has 0 radical (unpaired) electrons. The van der Waals surface area contributed by atoms with E-state index in [0.717, 1.165) is 88.4 Å². The van der Waals surface area contributed by atoms with Gasteiger partial charge in [0.25, 0.3) is 0 Å². The van der Waals surface area contributed by atoms with Crippen molar-refractivity contribution < 1.29 is 8.83 Å². The number of nitriles is 1. The Balaban J connectivity index is 1.31. The highest BCUT2D eigenvalue weighted by Gasteiger charge is 2.17. The van der Waals surface area contributed by atoms with Crippen molar-refractivity contribution in [2.24, 2.45) is 0 Å². The number of furan rings is 2. The van der Waals surface area contributed by atoms with Crippen molar-refractivity contribution in [1.29, 1.82) is 5.26 Å². The molecule has 0 aliphatic heterocycles. The van der Waals surface area contributed by atoms with Crippen LogP contribution in [0.25, 0.3) is 88.4 Å². The van der Waals surface area contributed by atoms with Crippen LogP contribution >= 0.6 is 0 Å². The summed E-state index contributed by atoms with van der Waals surface area (Å²) in [7, 11) is 0. The molecule has 0 atom stereocenters. The molecule has 3 heteroatoms. The molecule has 2 heterocycles. The van der Waals surface area contributed by atoms with Gasteiger partial charge >= 0.3 is 0 Å². The van der Waals surface area contributed by atoms with Crippen LogP contribution in [0.2, 0.25) is 0 Å². The minimum Gasteiger partial charge on any atom is -0.456 e. The van der Waals surface area contributed by atoms with Gasteiger partial charge in [-0.3, -0.25) is 0 Å². The first kappa shape index (κ1) is 26.1. The SMILES string of the molecule is N#Cc1ccccc1-c1ccccc1-c1cc(-c2ccc3c(c2)oc2ccccc23)cc(-c2cccc3c2oc2ccccc23)c1. The lowest BCUT2D eigenvalue weighted by Crippen LogP contribution is -1.91. The van der Waals surface area contributed by atoms with Crippen LogP contribution in [0.3, 0.4) is 0 Å². The van der Waals surface area contributed by atoms with Gasteiger partial charge in [0.1, 0.15) is 22.3 Å². The number of para-hydroxylation sites is 3. The predicted molar refractivity (Wildman–Crippen MR) is 187 cm³/mol. The third-order valence-electron chi connectivity index (χ3n) is 8.94. The zero-order valence-electron chi connectivity index (χ0n) is 24.7. The first-order chi connectivity index (χ1) is 22.7. The number of fused-ring (bicyclic) bond motifs is 6. The molecule has 0 fully saturated rings. The Kier molecular flexibility index (Phi) is 5.88. The maximum atomic E-state index is 9.96. The number of benzene rings is 7. The van der Waals surface area contributed by atoms with Gasteiger partial charge in [-0.1, -0.05) is 103 Å². The highest BCUT2D eigenvalue weighted by molar-refractivity contribution is 6.10. The van der Waals surface area contributed by atoms with Crippen molar-refractivity contribution in [2.75, 3.05) is 0 Å². The smallest absolute Gasteiger partial charge is 0.143 e. The van der Waals surface area contributed by atoms with Gasteiger partial charge in [-0.15, -0.1) is 0 Å². The van der Waals surface area contributed by atoms with Gasteiger partial charge in [-0.25, -0.2) is 0 Å². The van der Waals surface area contributed by atoms with E-state index < -0.39 is 0 Å². The zero-order chi connectivity index (χ0) is 30.6. The first-order valence-electron chi connectivity index (χ1n) is 15.3. The summed E-state index contributed by atoms with van der Waals surface area (Å²) in [5, 5.41) is 14.4. The van der Waals surface area contributed by atoms with E-state index in [0.29, 0.717) is 5.56 Å². The van der Waals surface area contributed by atoms with E-state index in [9.17, 15) is 5.26 Å². The lowest BCUT2D eigenvalue weighted by Gasteiger charge is -2.15. The minimum atomic E-state index is 0.647. The molecule has 46 heavy (non-hydrogen) atoms. The molecule has 2 aromatic heterocycles. The van der Waals surface area contributed by atoms with Crippen LogP contribution in [-0.4, -0.2) is 0 Å². The van der Waals surface area contributed by atoms with Gasteiger partial charge in [0.2, 0.25) is 0 Å². The van der Waals surface area contributed by atoms with Crippen LogP contribution < -0.4 is 0 Å². The van der Waals surface area contributed by atoms with Crippen molar-refractivity contribution in [2.45, 2.75) is 0 Å². The normalized spacial score (nSPS) is 11.5. The van der Waals surface area contributed by atoms with Crippen molar-refractivity contribution >= 4 is 43.9 Å². The quantitative estimate of drug-likeness (QED) is 0.206. The predicted octanol–water partition coefficient (Wildman–Crippen LogP) is 12.0. The molecule has 0 spiro atoms. The fourth-order valence-electron chi connectivity index (χ4n) is 6.77.